The van der Waals surface area contributed by atoms with Crippen LogP contribution in [0.3, 0.4) is 0 Å². The molecule has 0 amide bonds. The standard InChI is InChI=1S/C13H7ClF3NO2/c14-10-6-7(12(19)20)3-4-8(10)11-9(13(15,16)17)2-1-5-18-11/h1-6H,(H,19,20). The van der Waals surface area contributed by atoms with E-state index >= 15 is 0 Å². The summed E-state index contributed by atoms with van der Waals surface area (Å²) in [7, 11) is 0. The Morgan fingerprint density at radius 2 is 1.95 bits per heavy atom. The van der Waals surface area contributed by atoms with E-state index in [9.17, 15) is 18.0 Å². The molecule has 2 aromatic rings. The summed E-state index contributed by atoms with van der Waals surface area (Å²) in [4.78, 5) is 14.5. The summed E-state index contributed by atoms with van der Waals surface area (Å²) in [5, 5.41) is 8.70. The summed E-state index contributed by atoms with van der Waals surface area (Å²) in [5.74, 6) is -1.21. The Labute approximate surface area is 116 Å². The first-order valence-corrected chi connectivity index (χ1v) is 5.74. The van der Waals surface area contributed by atoms with Gasteiger partial charge in [0.2, 0.25) is 0 Å². The lowest BCUT2D eigenvalue weighted by Crippen LogP contribution is -2.08. The van der Waals surface area contributed by atoms with E-state index in [1.54, 1.807) is 0 Å². The Morgan fingerprint density at radius 3 is 2.50 bits per heavy atom. The van der Waals surface area contributed by atoms with Crippen LogP contribution in [0.25, 0.3) is 11.3 Å². The van der Waals surface area contributed by atoms with Crippen LogP contribution in [0.2, 0.25) is 5.02 Å². The van der Waals surface area contributed by atoms with Crippen molar-refractivity contribution in [2.75, 3.05) is 0 Å². The van der Waals surface area contributed by atoms with E-state index in [0.717, 1.165) is 12.1 Å². The topological polar surface area (TPSA) is 50.2 Å². The zero-order valence-corrected chi connectivity index (χ0v) is 10.5. The molecular formula is C13H7ClF3NO2. The highest BCUT2D eigenvalue weighted by molar-refractivity contribution is 6.33. The second-order valence-corrected chi connectivity index (χ2v) is 4.30. The zero-order chi connectivity index (χ0) is 14.9. The lowest BCUT2D eigenvalue weighted by Gasteiger charge is -2.12. The Balaban J connectivity index is 2.61. The Bertz CT molecular complexity index is 671. The van der Waals surface area contributed by atoms with Crippen molar-refractivity contribution in [1.82, 2.24) is 4.98 Å². The van der Waals surface area contributed by atoms with Crippen LogP contribution in [-0.2, 0) is 6.18 Å². The van der Waals surface area contributed by atoms with Gasteiger partial charge in [0.1, 0.15) is 0 Å². The molecule has 0 radical (unpaired) electrons. The first-order chi connectivity index (χ1) is 9.30. The molecule has 3 nitrogen and oxygen atoms in total. The predicted molar refractivity (Wildman–Crippen MR) is 66.6 cm³/mol. The van der Waals surface area contributed by atoms with Crippen molar-refractivity contribution in [3.8, 4) is 11.3 Å². The summed E-state index contributed by atoms with van der Waals surface area (Å²) in [6.45, 7) is 0. The van der Waals surface area contributed by atoms with E-state index in [1.165, 1.54) is 24.4 Å². The molecule has 0 atom stereocenters. The number of hydrogen-bond acceptors (Lipinski definition) is 2. The van der Waals surface area contributed by atoms with Crippen molar-refractivity contribution >= 4 is 17.6 Å². The fourth-order valence-electron chi connectivity index (χ4n) is 1.69. The monoisotopic (exact) mass is 301 g/mol. The molecule has 0 aliphatic rings. The zero-order valence-electron chi connectivity index (χ0n) is 9.78. The number of halogens is 4. The average Bonchev–Trinajstić information content (AvgIpc) is 2.37. The minimum Gasteiger partial charge on any atom is -0.478 e. The van der Waals surface area contributed by atoms with Gasteiger partial charge in [-0.05, 0) is 24.3 Å². The van der Waals surface area contributed by atoms with Crippen LogP contribution in [0.5, 0.6) is 0 Å². The predicted octanol–water partition coefficient (Wildman–Crippen LogP) is 4.12. The number of alkyl halides is 3. The highest BCUT2D eigenvalue weighted by Gasteiger charge is 2.34. The quantitative estimate of drug-likeness (QED) is 0.907. The van der Waals surface area contributed by atoms with Gasteiger partial charge in [0.25, 0.3) is 0 Å². The maximum atomic E-state index is 12.9. The maximum Gasteiger partial charge on any atom is 0.418 e. The van der Waals surface area contributed by atoms with Gasteiger partial charge in [0.05, 0.1) is 21.8 Å². The van der Waals surface area contributed by atoms with Crippen LogP contribution in [0.1, 0.15) is 15.9 Å². The second kappa shape index (κ2) is 5.13. The summed E-state index contributed by atoms with van der Waals surface area (Å²) in [6.07, 6.45) is -3.36. The molecule has 1 heterocycles. The summed E-state index contributed by atoms with van der Waals surface area (Å²) >= 11 is 5.86. The van der Waals surface area contributed by atoms with Crippen LogP contribution in [0, 0.1) is 0 Å². The highest BCUT2D eigenvalue weighted by atomic mass is 35.5. The lowest BCUT2D eigenvalue weighted by atomic mass is 10.0. The van der Waals surface area contributed by atoms with E-state index in [-0.39, 0.29) is 21.8 Å². The SMILES string of the molecule is O=C(O)c1ccc(-c2ncccc2C(F)(F)F)c(Cl)c1. The van der Waals surface area contributed by atoms with Gasteiger partial charge in [-0.25, -0.2) is 4.79 Å². The van der Waals surface area contributed by atoms with Gasteiger partial charge in [-0.3, -0.25) is 4.98 Å². The molecule has 1 aromatic heterocycles. The first-order valence-electron chi connectivity index (χ1n) is 5.36. The third kappa shape index (κ3) is 2.75. The maximum absolute atomic E-state index is 12.9. The van der Waals surface area contributed by atoms with E-state index in [1.807, 2.05) is 0 Å². The third-order valence-corrected chi connectivity index (χ3v) is 2.90. The minimum absolute atomic E-state index is 0.0320. The number of carboxylic acid groups (broad SMARTS) is 1. The normalized spacial score (nSPS) is 11.4. The number of pyridine rings is 1. The van der Waals surface area contributed by atoms with Gasteiger partial charge >= 0.3 is 12.1 Å². The van der Waals surface area contributed by atoms with E-state index < -0.39 is 17.7 Å². The Morgan fingerprint density at radius 1 is 1.25 bits per heavy atom. The van der Waals surface area contributed by atoms with Crippen molar-refractivity contribution in [3.05, 3.63) is 52.7 Å². The smallest absolute Gasteiger partial charge is 0.418 e. The molecule has 0 spiro atoms. The van der Waals surface area contributed by atoms with Crippen LogP contribution in [0.15, 0.2) is 36.5 Å². The number of aromatic carboxylic acids is 1. The number of benzene rings is 1. The van der Waals surface area contributed by atoms with Crippen molar-refractivity contribution in [3.63, 3.8) is 0 Å². The van der Waals surface area contributed by atoms with Gasteiger partial charge in [0, 0.05) is 11.8 Å². The molecule has 7 heteroatoms. The minimum atomic E-state index is -4.57. The fraction of sp³-hybridized carbons (Fsp3) is 0.0769. The second-order valence-electron chi connectivity index (χ2n) is 3.90. The van der Waals surface area contributed by atoms with Gasteiger partial charge in [-0.15, -0.1) is 0 Å². The van der Waals surface area contributed by atoms with Crippen LogP contribution in [0.4, 0.5) is 13.2 Å². The average molecular weight is 302 g/mol. The number of carbonyl (C=O) groups is 1. The Kier molecular flexibility index (Phi) is 3.67. The number of carboxylic acids is 1. The van der Waals surface area contributed by atoms with Crippen molar-refractivity contribution < 1.29 is 23.1 Å². The number of rotatable bonds is 2. The van der Waals surface area contributed by atoms with E-state index in [2.05, 4.69) is 4.98 Å². The molecule has 1 N–H and O–H groups in total. The van der Waals surface area contributed by atoms with Gasteiger partial charge in [-0.2, -0.15) is 13.2 Å². The molecular weight excluding hydrogens is 295 g/mol. The first kappa shape index (κ1) is 14.3. The van der Waals surface area contributed by atoms with Crippen LogP contribution < -0.4 is 0 Å². The molecule has 0 aliphatic carbocycles. The molecule has 0 aliphatic heterocycles. The fourth-order valence-corrected chi connectivity index (χ4v) is 1.96. The van der Waals surface area contributed by atoms with Crippen molar-refractivity contribution in [1.29, 1.82) is 0 Å². The summed E-state index contributed by atoms with van der Waals surface area (Å²) in [5.41, 5.74) is -1.33. The number of nitrogens with zero attached hydrogens (tertiary/aromatic N) is 1. The molecule has 1 aromatic carbocycles. The molecule has 0 unspecified atom stereocenters. The molecule has 104 valence electrons. The van der Waals surface area contributed by atoms with E-state index in [0.29, 0.717) is 0 Å². The van der Waals surface area contributed by atoms with Crippen LogP contribution >= 0.6 is 11.6 Å². The molecule has 0 saturated heterocycles. The molecule has 0 bridgehead atoms. The van der Waals surface area contributed by atoms with Gasteiger partial charge in [-0.1, -0.05) is 17.7 Å². The van der Waals surface area contributed by atoms with Crippen LogP contribution in [-0.4, -0.2) is 16.1 Å². The van der Waals surface area contributed by atoms with E-state index in [4.69, 9.17) is 16.7 Å². The van der Waals surface area contributed by atoms with Crippen molar-refractivity contribution in [2.24, 2.45) is 0 Å². The molecule has 20 heavy (non-hydrogen) atoms. The van der Waals surface area contributed by atoms with Gasteiger partial charge in [0.15, 0.2) is 0 Å². The van der Waals surface area contributed by atoms with Gasteiger partial charge < -0.3 is 5.11 Å². The largest absolute Gasteiger partial charge is 0.478 e. The summed E-state index contributed by atoms with van der Waals surface area (Å²) < 4.78 is 38.7. The lowest BCUT2D eigenvalue weighted by molar-refractivity contribution is -0.137. The molecule has 0 saturated carbocycles. The third-order valence-electron chi connectivity index (χ3n) is 2.58. The van der Waals surface area contributed by atoms with Crippen molar-refractivity contribution in [2.45, 2.75) is 6.18 Å². The number of hydrogen-bond donors (Lipinski definition) is 1. The molecule has 0 fully saturated rings. The number of aromatic nitrogens is 1. The Hall–Kier alpha value is -2.08. The molecule has 2 rings (SSSR count). The highest BCUT2D eigenvalue weighted by Crippen LogP contribution is 2.38. The summed E-state index contributed by atoms with van der Waals surface area (Å²) in [6, 6.07) is 5.55.